The van der Waals surface area contributed by atoms with Gasteiger partial charge in [0.05, 0.1) is 48.5 Å². The van der Waals surface area contributed by atoms with Crippen molar-refractivity contribution in [3.63, 3.8) is 0 Å². The lowest BCUT2D eigenvalue weighted by Crippen LogP contribution is -2.44. The molecule has 1 atom stereocenters. The van der Waals surface area contributed by atoms with Crippen LogP contribution >= 0.6 is 58.0 Å². The third kappa shape index (κ3) is 15.2. The zero-order valence-electron chi connectivity index (χ0n) is 35.9. The first-order valence-electron chi connectivity index (χ1n) is 20.7. The maximum atomic E-state index is 13.2. The lowest BCUT2D eigenvalue weighted by Gasteiger charge is -2.21. The lowest BCUT2D eigenvalue weighted by atomic mass is 10.0. The first kappa shape index (κ1) is 51.8. The topological polar surface area (TPSA) is 148 Å². The number of carbonyl (C=O) groups is 4. The summed E-state index contributed by atoms with van der Waals surface area (Å²) < 4.78 is 40.7. The second-order valence-electron chi connectivity index (χ2n) is 14.8. The van der Waals surface area contributed by atoms with E-state index < -0.39 is 36.3 Å². The summed E-state index contributed by atoms with van der Waals surface area (Å²) in [5, 5.41) is 9.28. The summed E-state index contributed by atoms with van der Waals surface area (Å²) in [6.45, 7) is 5.71. The number of nitrogens with one attached hydrogen (secondary N) is 3. The normalized spacial score (nSPS) is 12.4. The fourth-order valence-corrected chi connectivity index (χ4v) is 7.63. The Kier molecular flexibility index (Phi) is 19.7. The molecule has 1 heterocycles. The van der Waals surface area contributed by atoms with E-state index in [-0.39, 0.29) is 61.4 Å². The molecule has 0 saturated heterocycles. The summed E-state index contributed by atoms with van der Waals surface area (Å²) in [6, 6.07) is 19.9. The van der Waals surface area contributed by atoms with E-state index in [2.05, 4.69) is 30.6 Å². The van der Waals surface area contributed by atoms with Crippen molar-refractivity contribution in [3.05, 3.63) is 144 Å². The monoisotopic (exact) mass is 1010 g/mol. The highest BCUT2D eigenvalue weighted by Crippen LogP contribution is 2.35. The minimum Gasteiger partial charge on any atom is -0.489 e. The Balaban J connectivity index is 0.000000270. The molecule has 1 fully saturated rings. The van der Waals surface area contributed by atoms with Gasteiger partial charge in [-0.3, -0.25) is 19.4 Å². The van der Waals surface area contributed by atoms with Crippen LogP contribution in [0.1, 0.15) is 68.9 Å². The van der Waals surface area contributed by atoms with E-state index >= 15 is 0 Å². The third-order valence-corrected chi connectivity index (χ3v) is 11.6. The number of ether oxygens (including phenoxy) is 3. The maximum absolute atomic E-state index is 13.2. The van der Waals surface area contributed by atoms with Gasteiger partial charge in [0.2, 0.25) is 0 Å². The molecule has 0 spiro atoms. The van der Waals surface area contributed by atoms with Gasteiger partial charge in [-0.05, 0) is 98.4 Å². The van der Waals surface area contributed by atoms with Crippen LogP contribution in [0.25, 0.3) is 0 Å². The van der Waals surface area contributed by atoms with Crippen molar-refractivity contribution in [2.45, 2.75) is 52.7 Å². The maximum Gasteiger partial charge on any atom is 0.387 e. The number of hydrogen-bond donors (Lipinski definition) is 3. The van der Waals surface area contributed by atoms with Crippen LogP contribution in [-0.4, -0.2) is 79.1 Å². The van der Waals surface area contributed by atoms with Gasteiger partial charge in [-0.2, -0.15) is 8.78 Å². The lowest BCUT2D eigenvalue weighted by molar-refractivity contribution is -0.146. The van der Waals surface area contributed by atoms with Crippen LogP contribution in [0.3, 0.4) is 0 Å². The molecule has 350 valence electrons. The average Bonchev–Trinajstić information content (AvgIpc) is 4.11. The molecule has 66 heavy (non-hydrogen) atoms. The first-order chi connectivity index (χ1) is 31.6. The molecule has 4 aromatic carbocycles. The molecule has 6 rings (SSSR count). The van der Waals surface area contributed by atoms with E-state index in [4.69, 9.17) is 67.5 Å². The summed E-state index contributed by atoms with van der Waals surface area (Å²) in [4.78, 5) is 57.4. The molecule has 0 aliphatic heterocycles. The molecule has 19 heteroatoms. The van der Waals surface area contributed by atoms with Crippen LogP contribution in [-0.2, 0) is 16.0 Å². The van der Waals surface area contributed by atoms with Gasteiger partial charge in [-0.25, -0.2) is 4.79 Å². The van der Waals surface area contributed by atoms with E-state index in [0.29, 0.717) is 40.9 Å². The van der Waals surface area contributed by atoms with Crippen molar-refractivity contribution >= 4 is 93.1 Å². The van der Waals surface area contributed by atoms with E-state index in [0.717, 1.165) is 31.5 Å². The van der Waals surface area contributed by atoms with Crippen LogP contribution in [0.4, 0.5) is 20.2 Å². The first-order valence-corrected chi connectivity index (χ1v) is 22.6. The van der Waals surface area contributed by atoms with Crippen molar-refractivity contribution in [3.8, 4) is 11.5 Å². The van der Waals surface area contributed by atoms with Crippen molar-refractivity contribution in [1.29, 1.82) is 0 Å². The molecule has 0 radical (unpaired) electrons. The summed E-state index contributed by atoms with van der Waals surface area (Å²) in [5.74, 6) is -1.62. The summed E-state index contributed by atoms with van der Waals surface area (Å²) in [6.07, 6.45) is 4.91. The fourth-order valence-electron chi connectivity index (χ4n) is 6.29. The highest BCUT2D eigenvalue weighted by atomic mass is 35.5. The number of anilines is 2. The van der Waals surface area contributed by atoms with Gasteiger partial charge < -0.3 is 35.1 Å². The van der Waals surface area contributed by atoms with Crippen LogP contribution in [0, 0.1) is 12.8 Å². The molecule has 5 aromatic rings. The van der Waals surface area contributed by atoms with Crippen LogP contribution < -0.4 is 25.4 Å². The average molecular weight is 1010 g/mol. The quantitative estimate of drug-likeness (QED) is 0.0688. The molecule has 3 N–H and O–H groups in total. The Bertz CT molecular complexity index is 2430. The highest BCUT2D eigenvalue weighted by molar-refractivity contribution is 6.41. The molecule has 1 aliphatic rings. The Labute approximate surface area is 406 Å². The number of carbonyl (C=O) groups excluding carboxylic acids is 4. The van der Waals surface area contributed by atoms with Crippen molar-refractivity contribution in [2.75, 3.05) is 43.5 Å². The number of amides is 3. The predicted octanol–water partition coefficient (Wildman–Crippen LogP) is 11.5. The Morgan fingerprint density at radius 3 is 1.97 bits per heavy atom. The number of likely N-dealkylation sites (N-methyl/N-ethyl adjacent to an activating group) is 1. The Morgan fingerprint density at radius 2 is 1.38 bits per heavy atom. The molecule has 1 aromatic heterocycles. The van der Waals surface area contributed by atoms with Crippen LogP contribution in [0.15, 0.2) is 91.3 Å². The number of benzene rings is 4. The van der Waals surface area contributed by atoms with Crippen molar-refractivity contribution < 1.29 is 42.2 Å². The fraction of sp³-hybridized carbons (Fsp3) is 0.298. The minimum absolute atomic E-state index is 0.0803. The molecule has 0 unspecified atom stereocenters. The van der Waals surface area contributed by atoms with Gasteiger partial charge in [0.1, 0.15) is 12.6 Å². The number of aromatic nitrogens is 1. The summed E-state index contributed by atoms with van der Waals surface area (Å²) >= 11 is 30.5. The number of esters is 1. The third-order valence-electron chi connectivity index (χ3n) is 10.1. The number of nitrogens with zero attached hydrogens (tertiary/aromatic N) is 2. The molecule has 1 saturated carbocycles. The van der Waals surface area contributed by atoms with Gasteiger partial charge >= 0.3 is 12.6 Å². The van der Waals surface area contributed by atoms with E-state index in [1.54, 1.807) is 67.6 Å². The SMILES string of the molecule is CCN(CC)CCOC(=O)[C@H](Cc1ccc(NC(=O)c2c(Cl)cccc2Cl)cc1)NC(=O)c1c(C)cccc1Cl.O=C(Nc1c(Cl)cncc1Cl)c1ccc(OC(F)F)c(OCC2CC2)c1. The second-order valence-corrected chi connectivity index (χ2v) is 16.9. The number of aryl methyl sites for hydroxylation is 1. The second kappa shape index (κ2) is 25.1. The van der Waals surface area contributed by atoms with Crippen molar-refractivity contribution in [2.24, 2.45) is 5.92 Å². The zero-order valence-corrected chi connectivity index (χ0v) is 39.7. The molecule has 0 bridgehead atoms. The molecule has 12 nitrogen and oxygen atoms in total. The van der Waals surface area contributed by atoms with Crippen molar-refractivity contribution in [1.82, 2.24) is 15.2 Å². The Morgan fingerprint density at radius 1 is 0.758 bits per heavy atom. The highest BCUT2D eigenvalue weighted by Gasteiger charge is 2.27. The number of rotatable bonds is 19. The number of pyridine rings is 1. The van der Waals surface area contributed by atoms with E-state index in [9.17, 15) is 28.0 Å². The van der Waals surface area contributed by atoms with Gasteiger partial charge in [0.15, 0.2) is 11.5 Å². The molecular weight excluding hydrogens is 962 g/mol. The van der Waals surface area contributed by atoms with Gasteiger partial charge in [-0.1, -0.05) is 102 Å². The number of alkyl halides is 2. The van der Waals surface area contributed by atoms with Gasteiger partial charge in [0, 0.05) is 36.6 Å². The van der Waals surface area contributed by atoms with Crippen LogP contribution in [0.5, 0.6) is 11.5 Å². The van der Waals surface area contributed by atoms with E-state index in [1.165, 1.54) is 30.6 Å². The smallest absolute Gasteiger partial charge is 0.387 e. The van der Waals surface area contributed by atoms with Crippen LogP contribution in [0.2, 0.25) is 25.1 Å². The van der Waals surface area contributed by atoms with Gasteiger partial charge in [-0.15, -0.1) is 0 Å². The predicted molar refractivity (Wildman–Crippen MR) is 254 cm³/mol. The summed E-state index contributed by atoms with van der Waals surface area (Å²) in [5.41, 5.74) is 2.83. The number of halogens is 7. The largest absolute Gasteiger partial charge is 0.489 e. The molecular formula is C47H46Cl5F2N5O7. The standard InChI is InChI=1S/C30H32Cl3N3O4.C17H14Cl2F2N2O3/c1-4-36(5-2)16-17-40-30(39)25(35-28(37)26-19(3)8-6-9-22(26)31)18-20-12-14-21(15-13-20)34-29(38)27-23(32)10-7-11-24(27)33;18-11-6-22-7-12(19)15(11)23-16(24)10-3-4-13(26-17(20)21)14(5-10)25-8-9-1-2-9/h6-15,25H,4-5,16-18H2,1-3H3,(H,34,38)(H,35,37);3-7,9,17H,1-2,8H2,(H,22,23,24)/t25-;/m0./s1. The number of hydrogen-bond acceptors (Lipinski definition) is 9. The molecule has 1 aliphatic carbocycles. The molecule has 3 amide bonds. The summed E-state index contributed by atoms with van der Waals surface area (Å²) in [7, 11) is 0. The van der Waals surface area contributed by atoms with Gasteiger partial charge in [0.25, 0.3) is 17.7 Å². The van der Waals surface area contributed by atoms with E-state index in [1.807, 2.05) is 13.8 Å². The minimum atomic E-state index is -2.99. The Hall–Kier alpha value is -5.22. The zero-order chi connectivity index (χ0) is 47.9.